The first-order valence-electron chi connectivity index (χ1n) is 4.74. The number of rotatable bonds is 2. The van der Waals surface area contributed by atoms with Crippen LogP contribution in [0.25, 0.3) is 11.1 Å². The Labute approximate surface area is 98.0 Å². The fourth-order valence-electron chi connectivity index (χ4n) is 1.54. The smallest absolute Gasteiger partial charge is 0.355 e. The van der Waals surface area contributed by atoms with Crippen LogP contribution >= 0.6 is 11.6 Å². The Balaban J connectivity index is 2.53. The van der Waals surface area contributed by atoms with Gasteiger partial charge in [0, 0.05) is 22.3 Å². The number of esters is 1. The largest absolute Gasteiger partial charge is 0.464 e. The van der Waals surface area contributed by atoms with Gasteiger partial charge in [0.25, 0.3) is 0 Å². The minimum atomic E-state index is -0.403. The van der Waals surface area contributed by atoms with Gasteiger partial charge >= 0.3 is 5.97 Å². The summed E-state index contributed by atoms with van der Waals surface area (Å²) < 4.78 is 4.68. The number of hydrogen-bond acceptors (Lipinski definition) is 2. The van der Waals surface area contributed by atoms with Gasteiger partial charge in [0.05, 0.1) is 7.11 Å². The lowest BCUT2D eigenvalue weighted by Crippen LogP contribution is -2.03. The fourth-order valence-corrected chi connectivity index (χ4v) is 1.78. The highest BCUT2D eigenvalue weighted by Gasteiger charge is 2.15. The Morgan fingerprint density at radius 1 is 1.25 bits per heavy atom. The van der Waals surface area contributed by atoms with E-state index in [-0.39, 0.29) is 0 Å². The van der Waals surface area contributed by atoms with Crippen molar-refractivity contribution in [2.45, 2.75) is 0 Å². The number of methoxy groups -OCH3 is 1. The van der Waals surface area contributed by atoms with E-state index in [1.807, 2.05) is 18.2 Å². The number of H-pyrrole nitrogens is 1. The van der Waals surface area contributed by atoms with Crippen LogP contribution in [0.1, 0.15) is 10.5 Å². The van der Waals surface area contributed by atoms with Crippen LogP contribution in [0.15, 0.2) is 36.5 Å². The molecule has 0 aliphatic heterocycles. The summed E-state index contributed by atoms with van der Waals surface area (Å²) in [6.45, 7) is 0. The van der Waals surface area contributed by atoms with Gasteiger partial charge < -0.3 is 9.72 Å². The van der Waals surface area contributed by atoms with Crippen molar-refractivity contribution in [2.24, 2.45) is 0 Å². The number of halogens is 1. The number of aromatic amines is 1. The average molecular weight is 236 g/mol. The van der Waals surface area contributed by atoms with Gasteiger partial charge in [0.1, 0.15) is 5.69 Å². The summed E-state index contributed by atoms with van der Waals surface area (Å²) in [5, 5.41) is 0.604. The number of benzene rings is 1. The molecule has 16 heavy (non-hydrogen) atoms. The standard InChI is InChI=1S/C12H10ClNO2/c1-16-12(15)11-9(6-7-14-11)8-4-2-3-5-10(8)13/h2-7,14H,1H3. The molecule has 2 aromatic rings. The summed E-state index contributed by atoms with van der Waals surface area (Å²) in [6, 6.07) is 9.15. The highest BCUT2D eigenvalue weighted by Crippen LogP contribution is 2.30. The molecular weight excluding hydrogens is 226 g/mol. The van der Waals surface area contributed by atoms with Crippen LogP contribution in [0.3, 0.4) is 0 Å². The van der Waals surface area contributed by atoms with Gasteiger partial charge in [0.2, 0.25) is 0 Å². The Bertz CT molecular complexity index is 519. The number of ether oxygens (including phenoxy) is 1. The molecule has 1 heterocycles. The van der Waals surface area contributed by atoms with Gasteiger partial charge in [-0.25, -0.2) is 4.79 Å². The molecule has 0 radical (unpaired) electrons. The van der Waals surface area contributed by atoms with E-state index >= 15 is 0 Å². The normalized spacial score (nSPS) is 10.1. The van der Waals surface area contributed by atoms with Gasteiger partial charge in [0.15, 0.2) is 0 Å². The average Bonchev–Trinajstić information content (AvgIpc) is 2.77. The van der Waals surface area contributed by atoms with Crippen LogP contribution in [0.5, 0.6) is 0 Å². The molecule has 82 valence electrons. The lowest BCUT2D eigenvalue weighted by molar-refractivity contribution is 0.0596. The van der Waals surface area contributed by atoms with Crippen molar-refractivity contribution < 1.29 is 9.53 Å². The topological polar surface area (TPSA) is 42.1 Å². The lowest BCUT2D eigenvalue weighted by Gasteiger charge is -2.04. The van der Waals surface area contributed by atoms with Gasteiger partial charge in [-0.3, -0.25) is 0 Å². The molecule has 1 aromatic carbocycles. The van der Waals surface area contributed by atoms with E-state index in [0.717, 1.165) is 11.1 Å². The van der Waals surface area contributed by atoms with Gasteiger partial charge in [-0.05, 0) is 12.1 Å². The molecule has 0 fully saturated rings. The molecule has 0 unspecified atom stereocenters. The minimum Gasteiger partial charge on any atom is -0.464 e. The van der Waals surface area contributed by atoms with Crippen molar-refractivity contribution in [3.05, 3.63) is 47.2 Å². The predicted molar refractivity (Wildman–Crippen MR) is 62.6 cm³/mol. The van der Waals surface area contributed by atoms with Crippen molar-refractivity contribution in [1.82, 2.24) is 4.98 Å². The monoisotopic (exact) mass is 235 g/mol. The van der Waals surface area contributed by atoms with E-state index in [1.54, 1.807) is 18.3 Å². The molecule has 0 aliphatic carbocycles. The molecule has 4 heteroatoms. The Hall–Kier alpha value is -1.74. The SMILES string of the molecule is COC(=O)c1[nH]ccc1-c1ccccc1Cl. The lowest BCUT2D eigenvalue weighted by atomic mass is 10.1. The summed E-state index contributed by atoms with van der Waals surface area (Å²) in [6.07, 6.45) is 1.69. The van der Waals surface area contributed by atoms with E-state index in [2.05, 4.69) is 9.72 Å². The maximum Gasteiger partial charge on any atom is 0.355 e. The first-order chi connectivity index (χ1) is 7.74. The van der Waals surface area contributed by atoms with E-state index in [1.165, 1.54) is 7.11 Å². The third-order valence-electron chi connectivity index (χ3n) is 2.30. The van der Waals surface area contributed by atoms with Crippen molar-refractivity contribution in [2.75, 3.05) is 7.11 Å². The van der Waals surface area contributed by atoms with Gasteiger partial charge in [-0.15, -0.1) is 0 Å². The first kappa shape index (κ1) is 10.8. The second kappa shape index (κ2) is 4.41. The zero-order valence-electron chi connectivity index (χ0n) is 8.66. The number of carbonyl (C=O) groups excluding carboxylic acids is 1. The Morgan fingerprint density at radius 2 is 2.00 bits per heavy atom. The molecule has 0 spiro atoms. The molecule has 0 bridgehead atoms. The van der Waals surface area contributed by atoms with Crippen molar-refractivity contribution >= 4 is 17.6 Å². The predicted octanol–water partition coefficient (Wildman–Crippen LogP) is 3.12. The second-order valence-corrected chi connectivity index (χ2v) is 3.64. The molecule has 0 saturated carbocycles. The number of aromatic nitrogens is 1. The van der Waals surface area contributed by atoms with Crippen LogP contribution in [0, 0.1) is 0 Å². The van der Waals surface area contributed by atoms with Gasteiger partial charge in [-0.2, -0.15) is 0 Å². The molecule has 0 aliphatic rings. The summed E-state index contributed by atoms with van der Waals surface area (Å²) in [5.41, 5.74) is 1.97. The molecule has 0 saturated heterocycles. The molecule has 2 rings (SSSR count). The summed E-state index contributed by atoms with van der Waals surface area (Å²) in [7, 11) is 1.35. The Kier molecular flexibility index (Phi) is 2.97. The van der Waals surface area contributed by atoms with Crippen molar-refractivity contribution in [3.63, 3.8) is 0 Å². The summed E-state index contributed by atoms with van der Waals surface area (Å²) in [4.78, 5) is 14.3. The van der Waals surface area contributed by atoms with E-state index in [9.17, 15) is 4.79 Å². The summed E-state index contributed by atoms with van der Waals surface area (Å²) in [5.74, 6) is -0.403. The van der Waals surface area contributed by atoms with E-state index < -0.39 is 5.97 Å². The molecule has 1 aromatic heterocycles. The van der Waals surface area contributed by atoms with Crippen LogP contribution < -0.4 is 0 Å². The van der Waals surface area contributed by atoms with Crippen LogP contribution in [0.2, 0.25) is 5.02 Å². The number of hydrogen-bond donors (Lipinski definition) is 1. The second-order valence-electron chi connectivity index (χ2n) is 3.24. The molecule has 0 amide bonds. The minimum absolute atomic E-state index is 0.403. The van der Waals surface area contributed by atoms with Crippen molar-refractivity contribution in [3.8, 4) is 11.1 Å². The highest BCUT2D eigenvalue weighted by atomic mass is 35.5. The molecule has 3 nitrogen and oxygen atoms in total. The maximum atomic E-state index is 11.5. The van der Waals surface area contributed by atoms with Crippen LogP contribution in [-0.2, 0) is 4.74 Å². The molecular formula is C12H10ClNO2. The molecule has 1 N–H and O–H groups in total. The van der Waals surface area contributed by atoms with Crippen LogP contribution in [-0.4, -0.2) is 18.1 Å². The van der Waals surface area contributed by atoms with Gasteiger partial charge in [-0.1, -0.05) is 29.8 Å². The third-order valence-corrected chi connectivity index (χ3v) is 2.63. The molecule has 0 atom stereocenters. The first-order valence-corrected chi connectivity index (χ1v) is 5.12. The highest BCUT2D eigenvalue weighted by molar-refractivity contribution is 6.33. The Morgan fingerprint density at radius 3 is 2.69 bits per heavy atom. The quantitative estimate of drug-likeness (QED) is 0.813. The summed E-state index contributed by atoms with van der Waals surface area (Å²) >= 11 is 6.07. The van der Waals surface area contributed by atoms with E-state index in [4.69, 9.17) is 11.6 Å². The maximum absolute atomic E-state index is 11.5. The zero-order chi connectivity index (χ0) is 11.5. The van der Waals surface area contributed by atoms with Crippen LogP contribution in [0.4, 0.5) is 0 Å². The number of nitrogens with one attached hydrogen (secondary N) is 1. The van der Waals surface area contributed by atoms with Crippen molar-refractivity contribution in [1.29, 1.82) is 0 Å². The fraction of sp³-hybridized carbons (Fsp3) is 0.0833. The third kappa shape index (κ3) is 1.82. The van der Waals surface area contributed by atoms with E-state index in [0.29, 0.717) is 10.7 Å². The number of carbonyl (C=O) groups is 1. The zero-order valence-corrected chi connectivity index (χ0v) is 9.41.